The third kappa shape index (κ3) is 1.40. The van der Waals surface area contributed by atoms with Crippen LogP contribution < -0.4 is 0 Å². The Morgan fingerprint density at radius 2 is 0.471 bits per heavy atom. The van der Waals surface area contributed by atoms with Crippen molar-refractivity contribution in [1.29, 1.82) is 0 Å². The van der Waals surface area contributed by atoms with Gasteiger partial charge < -0.3 is 4.74 Å². The fourth-order valence-corrected chi connectivity index (χ4v) is 25.5. The number of benzene rings is 18. The van der Waals surface area contributed by atoms with Crippen molar-refractivity contribution in [2.75, 3.05) is 0 Å². The van der Waals surface area contributed by atoms with Crippen molar-refractivity contribution >= 4 is 297 Å². The lowest BCUT2D eigenvalue weighted by molar-refractivity contribution is -0.148. The topological polar surface area (TPSA) is 26.3 Å². The van der Waals surface area contributed by atoms with E-state index >= 15 is 4.79 Å². The Bertz CT molecular complexity index is 6980. The number of esters is 1. The number of hydrogen-bond donors (Lipinski definition) is 0. The van der Waals surface area contributed by atoms with Gasteiger partial charge in [-0.25, -0.2) is 0 Å². The molecule has 298 valence electrons. The van der Waals surface area contributed by atoms with E-state index in [9.17, 15) is 0 Å². The Morgan fingerprint density at radius 3 is 0.686 bits per heavy atom. The number of ether oxygens (including phenoxy) is 1. The van der Waals surface area contributed by atoms with Gasteiger partial charge in [-0.2, -0.15) is 0 Å². The van der Waals surface area contributed by atoms with E-state index in [1.165, 1.54) is 51.9 Å². The normalized spacial score (nSPS) is 23.6. The van der Waals surface area contributed by atoms with Crippen LogP contribution >= 0.6 is 0 Å². The molecule has 33 rings (SSSR count). The lowest BCUT2D eigenvalue weighted by Crippen LogP contribution is -2.52. The van der Waals surface area contributed by atoms with Crippen LogP contribution in [0.25, 0.3) is 291 Å². The highest BCUT2D eigenvalue weighted by Crippen LogP contribution is 2.86. The second-order valence-electron chi connectivity index (χ2n) is 26.1. The van der Waals surface area contributed by atoms with Crippen molar-refractivity contribution in [3.05, 3.63) is 22.3 Å². The first kappa shape index (κ1) is 26.6. The predicted molar refractivity (Wildman–Crippen MR) is 292 cm³/mol. The smallest absolute Gasteiger partial charge is 0.311 e. The van der Waals surface area contributed by atoms with Gasteiger partial charge in [-0.3, -0.25) is 4.79 Å². The summed E-state index contributed by atoms with van der Waals surface area (Å²) >= 11 is 0. The van der Waals surface area contributed by atoms with Crippen LogP contribution in [0, 0.1) is 5.92 Å². The lowest BCUT2D eigenvalue weighted by Gasteiger charge is -2.49. The van der Waals surface area contributed by atoms with Gasteiger partial charge in [0.15, 0.2) is 5.60 Å². The van der Waals surface area contributed by atoms with Crippen LogP contribution in [0.2, 0.25) is 0 Å². The third-order valence-electron chi connectivity index (χ3n) is 25.7. The second-order valence-corrected chi connectivity index (χ2v) is 26.1. The molecule has 0 radical (unpaired) electrons. The zero-order valence-corrected chi connectivity index (χ0v) is 36.4. The average molecular weight is 863 g/mol. The molecule has 0 N–H and O–H groups in total. The fourth-order valence-electron chi connectivity index (χ4n) is 25.5. The summed E-state index contributed by atoms with van der Waals surface area (Å²) in [4.78, 5) is 16.3. The highest BCUT2D eigenvalue weighted by molar-refractivity contribution is 6.82. The quantitative estimate of drug-likeness (QED) is 0.0979. The van der Waals surface area contributed by atoms with Gasteiger partial charge in [0.05, 0.1) is 11.3 Å². The van der Waals surface area contributed by atoms with E-state index in [-0.39, 0.29) is 11.9 Å². The molecule has 1 aliphatic heterocycles. The van der Waals surface area contributed by atoms with E-state index in [1.54, 1.807) is 280 Å². The first-order valence-corrected chi connectivity index (χ1v) is 26.8. The minimum atomic E-state index is -0.912. The summed E-state index contributed by atoms with van der Waals surface area (Å²) in [5.41, 5.74) is 4.42. The molecule has 4 aliphatic carbocycles. The number of rotatable bonds is 5. The van der Waals surface area contributed by atoms with E-state index in [2.05, 4.69) is 6.92 Å². The Morgan fingerprint density at radius 1 is 0.271 bits per heavy atom. The van der Waals surface area contributed by atoms with Crippen LogP contribution in [-0.4, -0.2) is 5.97 Å². The molecule has 1 unspecified atom stereocenters. The van der Waals surface area contributed by atoms with E-state index < -0.39 is 11.0 Å². The van der Waals surface area contributed by atoms with E-state index in [4.69, 9.17) is 4.74 Å². The number of carbonyl (C=O) groups is 1. The Hall–Kier alpha value is -8.07. The molecule has 0 aromatic heterocycles. The highest BCUT2D eigenvalue weighted by Gasteiger charge is 2.78. The van der Waals surface area contributed by atoms with Crippen molar-refractivity contribution in [1.82, 2.24) is 0 Å². The average Bonchev–Trinajstić information content (AvgIpc) is 4.29. The van der Waals surface area contributed by atoms with Crippen molar-refractivity contribution < 1.29 is 9.53 Å². The zero-order chi connectivity index (χ0) is 41.9. The molecule has 2 spiro atoms. The Labute approximate surface area is 382 Å². The van der Waals surface area contributed by atoms with Crippen LogP contribution in [-0.2, 0) is 20.5 Å². The van der Waals surface area contributed by atoms with Crippen LogP contribution in [0.4, 0.5) is 0 Å². The molecule has 28 aromatic carbocycles. The molecule has 1 atom stereocenters. The van der Waals surface area contributed by atoms with Crippen molar-refractivity contribution in [3.8, 4) is 0 Å². The minimum absolute atomic E-state index is 0.0894. The van der Waals surface area contributed by atoms with Crippen LogP contribution in [0.5, 0.6) is 0 Å². The molecule has 2 nitrogen and oxygen atoms in total. The monoisotopic (exact) mass is 862 g/mol. The SMILES string of the molecule is CCCCCCC1C(=O)OC23c4c5c6c7c8c9c(c%10c%11c2c2c4c4c%12c5c5c6c6c8c8c%13c9c9c%10c%10c%11c%11c2c2c4c4c%12c%12c5c5c6c8c6c8c%13c9c9c%10c%10c%11c2c2c4c4c%12c5c6c5c8c9c%10c2c45)C713. The molecule has 5 aliphatic rings. The van der Waals surface area contributed by atoms with Crippen LogP contribution in [0.15, 0.2) is 0 Å². The maximum absolute atomic E-state index is 16.3. The van der Waals surface area contributed by atoms with Crippen molar-refractivity contribution in [2.45, 2.75) is 50.0 Å². The van der Waals surface area contributed by atoms with Crippen LogP contribution in [0.1, 0.15) is 61.3 Å². The summed E-state index contributed by atoms with van der Waals surface area (Å²) in [5, 5.41) is 85.7. The molecule has 1 saturated heterocycles. The number of carbonyl (C=O) groups excluding carboxylic acids is 1. The summed E-state index contributed by atoms with van der Waals surface area (Å²) in [6.45, 7) is 2.33. The lowest BCUT2D eigenvalue weighted by atomic mass is 9.51. The maximum atomic E-state index is 16.3. The first-order chi connectivity index (χ1) is 34.8. The van der Waals surface area contributed by atoms with Gasteiger partial charge in [0.1, 0.15) is 0 Å². The van der Waals surface area contributed by atoms with Gasteiger partial charge in [0.2, 0.25) is 0 Å². The first-order valence-electron chi connectivity index (χ1n) is 26.8. The van der Waals surface area contributed by atoms with Crippen molar-refractivity contribution in [3.63, 3.8) is 0 Å². The number of hydrogen-bond acceptors (Lipinski definition) is 2. The molecule has 0 saturated carbocycles. The van der Waals surface area contributed by atoms with Gasteiger partial charge in [-0.1, -0.05) is 32.6 Å². The molecule has 28 aromatic rings. The van der Waals surface area contributed by atoms with E-state index in [1.807, 2.05) is 0 Å². The number of unbranched alkanes of at least 4 members (excludes halogenated alkanes) is 3. The summed E-state index contributed by atoms with van der Waals surface area (Å²) in [6.07, 6.45) is 5.53. The molecule has 2 heteroatoms. The molecule has 70 heavy (non-hydrogen) atoms. The zero-order valence-electron chi connectivity index (χ0n) is 36.4. The fraction of sp³-hybridized carbons (Fsp3) is 0.132. The molecule has 1 fully saturated rings. The molecule has 1 heterocycles. The Kier molecular flexibility index (Phi) is 2.31. The standard InChI is InChI=1S/C68H14O2/c1-2-3-4-5-6-7-66(69)70-68-64-58-52-42-30-22-14-10-8-9-12-16(14)24(30)34-28-20(12)21-13(9)17-15-11(8)19-18(10)26-32(22)40-46-36(26)37-27(19)33-23(15)31-25(17)35-29(21)39-38(28)50(44(34)52)60(64)61-51(39)45(35)53-43(31)49-41(33)47(37)55-54(46)62(56(58)48(40)42)67(7,68)63(55)57(49)59(53)65(61)68/h7H,2-6H2,1H3. The Balaban J connectivity index is 1.17. The van der Waals surface area contributed by atoms with Gasteiger partial charge in [-0.05, 0) is 308 Å². The van der Waals surface area contributed by atoms with Gasteiger partial charge in [0.25, 0.3) is 0 Å². The summed E-state index contributed by atoms with van der Waals surface area (Å²) in [6, 6.07) is 0. The van der Waals surface area contributed by atoms with Gasteiger partial charge in [0, 0.05) is 11.1 Å². The second kappa shape index (κ2) is 6.07. The predicted octanol–water partition coefficient (Wildman–Crippen LogP) is 18.4. The maximum Gasteiger partial charge on any atom is 0.311 e. The van der Waals surface area contributed by atoms with Gasteiger partial charge >= 0.3 is 5.97 Å². The summed E-state index contributed by atoms with van der Waals surface area (Å²) in [7, 11) is 0. The minimum Gasteiger partial charge on any atom is -0.447 e. The molecule has 0 amide bonds. The molecule has 0 bridgehead atoms. The molecular formula is C68H14O2. The van der Waals surface area contributed by atoms with E-state index in [0.717, 1.165) is 12.8 Å². The third-order valence-corrected chi connectivity index (χ3v) is 25.7. The van der Waals surface area contributed by atoms with Gasteiger partial charge in [-0.15, -0.1) is 0 Å². The van der Waals surface area contributed by atoms with Crippen LogP contribution in [0.3, 0.4) is 0 Å². The summed E-state index contributed by atoms with van der Waals surface area (Å²) < 4.78 is 8.08. The molecular weight excluding hydrogens is 849 g/mol. The largest absolute Gasteiger partial charge is 0.447 e. The van der Waals surface area contributed by atoms with E-state index in [0.29, 0.717) is 0 Å². The summed E-state index contributed by atoms with van der Waals surface area (Å²) in [5.74, 6) is -0.161. The highest BCUT2D eigenvalue weighted by atomic mass is 16.6. The van der Waals surface area contributed by atoms with Crippen molar-refractivity contribution in [2.24, 2.45) is 5.92 Å².